The molecule has 1 rings (SSSR count). The van der Waals surface area contributed by atoms with Crippen molar-refractivity contribution in [3.63, 3.8) is 0 Å². The van der Waals surface area contributed by atoms with E-state index in [1.807, 2.05) is 13.8 Å². The van der Waals surface area contributed by atoms with Gasteiger partial charge in [-0.15, -0.1) is 0 Å². The molecule has 184 valence electrons. The molecule has 1 aromatic rings. The van der Waals surface area contributed by atoms with Gasteiger partial charge in [0.25, 0.3) is 0 Å². The molecule has 1 aromatic carbocycles. The third-order valence-corrected chi connectivity index (χ3v) is 5.06. The highest BCUT2D eigenvalue weighted by molar-refractivity contribution is 5.79. The molecule has 0 heterocycles. The Morgan fingerprint density at radius 1 is 0.879 bits per heavy atom. The molecule has 0 bridgehead atoms. The van der Waals surface area contributed by atoms with Gasteiger partial charge in [-0.05, 0) is 43.9 Å². The summed E-state index contributed by atoms with van der Waals surface area (Å²) in [6.45, 7) is 9.98. The van der Waals surface area contributed by atoms with Crippen LogP contribution in [-0.4, -0.2) is 42.6 Å². The van der Waals surface area contributed by atoms with Crippen LogP contribution in [0.2, 0.25) is 0 Å². The minimum atomic E-state index is -1.00. The zero-order valence-electron chi connectivity index (χ0n) is 20.2. The zero-order valence-corrected chi connectivity index (χ0v) is 20.2. The van der Waals surface area contributed by atoms with Crippen LogP contribution in [0, 0.1) is 11.8 Å². The fourth-order valence-corrected chi connectivity index (χ4v) is 2.49. The Balaban J connectivity index is 2.99. The highest BCUT2D eigenvalue weighted by Crippen LogP contribution is 2.31. The summed E-state index contributed by atoms with van der Waals surface area (Å²) >= 11 is 0. The lowest BCUT2D eigenvalue weighted by Gasteiger charge is -2.18. The average Bonchev–Trinajstić information content (AvgIpc) is 2.77. The minimum Gasteiger partial charge on any atom is -0.462 e. The first-order valence-electron chi connectivity index (χ1n) is 11.1. The molecule has 0 aliphatic heterocycles. The van der Waals surface area contributed by atoms with Crippen molar-refractivity contribution in [2.24, 2.45) is 17.6 Å². The van der Waals surface area contributed by atoms with Gasteiger partial charge in [0, 0.05) is 6.92 Å². The van der Waals surface area contributed by atoms with Crippen LogP contribution in [-0.2, 0) is 35.1 Å². The third kappa shape index (κ3) is 9.61. The Hall–Kier alpha value is -2.94. The lowest BCUT2D eigenvalue weighted by atomic mass is 10.1. The first kappa shape index (κ1) is 28.1. The maximum Gasteiger partial charge on any atom is 0.323 e. The molecule has 33 heavy (non-hydrogen) atoms. The number of hydrogen-bond acceptors (Lipinski definition) is 9. The van der Waals surface area contributed by atoms with E-state index in [1.165, 1.54) is 19.1 Å². The summed E-state index contributed by atoms with van der Waals surface area (Å²) in [5, 5.41) is 0. The van der Waals surface area contributed by atoms with Gasteiger partial charge in [-0.3, -0.25) is 19.2 Å². The zero-order chi connectivity index (χ0) is 25.1. The molecule has 0 aliphatic rings. The van der Waals surface area contributed by atoms with Crippen molar-refractivity contribution in [2.75, 3.05) is 6.61 Å². The Bertz CT molecular complexity index is 838. The van der Waals surface area contributed by atoms with Crippen molar-refractivity contribution in [1.29, 1.82) is 0 Å². The number of ether oxygens (including phenoxy) is 4. The number of nitrogens with two attached hydrogens (primary N) is 1. The topological polar surface area (TPSA) is 131 Å². The number of esters is 4. The predicted molar refractivity (Wildman–Crippen MR) is 120 cm³/mol. The monoisotopic (exact) mass is 465 g/mol. The quantitative estimate of drug-likeness (QED) is 0.365. The second-order valence-corrected chi connectivity index (χ2v) is 8.10. The van der Waals surface area contributed by atoms with Crippen LogP contribution >= 0.6 is 0 Å². The van der Waals surface area contributed by atoms with Crippen molar-refractivity contribution in [2.45, 2.75) is 73.0 Å². The van der Waals surface area contributed by atoms with E-state index in [1.54, 1.807) is 26.8 Å². The first-order chi connectivity index (χ1) is 15.5. The normalized spacial score (nSPS) is 14.4. The molecule has 0 aromatic heterocycles. The summed E-state index contributed by atoms with van der Waals surface area (Å²) in [7, 11) is 0. The molecule has 0 fully saturated rings. The van der Waals surface area contributed by atoms with E-state index in [4.69, 9.17) is 24.7 Å². The van der Waals surface area contributed by atoms with E-state index in [0.717, 1.165) is 0 Å². The first-order valence-corrected chi connectivity index (χ1v) is 11.1. The van der Waals surface area contributed by atoms with Gasteiger partial charge in [0.15, 0.2) is 11.5 Å². The van der Waals surface area contributed by atoms with Crippen LogP contribution in [0.3, 0.4) is 0 Å². The molecule has 2 unspecified atom stereocenters. The number of benzene rings is 1. The van der Waals surface area contributed by atoms with Crippen LogP contribution in [0.25, 0.3) is 0 Å². The smallest absolute Gasteiger partial charge is 0.323 e. The molecular formula is C24H35NO8. The summed E-state index contributed by atoms with van der Waals surface area (Å²) in [5.74, 6) is -2.50. The second kappa shape index (κ2) is 13.6. The summed E-state index contributed by atoms with van der Waals surface area (Å²) in [5.41, 5.74) is 6.56. The fourth-order valence-electron chi connectivity index (χ4n) is 2.49. The van der Waals surface area contributed by atoms with Crippen molar-refractivity contribution in [1.82, 2.24) is 0 Å². The molecule has 2 N–H and O–H groups in total. The summed E-state index contributed by atoms with van der Waals surface area (Å²) < 4.78 is 20.9. The Morgan fingerprint density at radius 3 is 1.94 bits per heavy atom. The Kier molecular flexibility index (Phi) is 11.6. The summed E-state index contributed by atoms with van der Waals surface area (Å²) in [6, 6.07) is 3.66. The van der Waals surface area contributed by atoms with E-state index in [-0.39, 0.29) is 36.4 Å². The van der Waals surface area contributed by atoms with Crippen molar-refractivity contribution in [3.05, 3.63) is 23.8 Å². The van der Waals surface area contributed by atoms with E-state index in [0.29, 0.717) is 18.4 Å². The molecule has 9 heteroatoms. The SMILES string of the molecule is CCC(C)C(=O)Oc1ccc(C[C@H](N)C(=O)O[C@H](C)COC(C)=O)cc1OC(=O)C(C)CC. The van der Waals surface area contributed by atoms with Crippen LogP contribution < -0.4 is 15.2 Å². The van der Waals surface area contributed by atoms with Gasteiger partial charge >= 0.3 is 23.9 Å². The van der Waals surface area contributed by atoms with Gasteiger partial charge in [-0.2, -0.15) is 0 Å². The van der Waals surface area contributed by atoms with Gasteiger partial charge in [0.05, 0.1) is 11.8 Å². The predicted octanol–water partition coefficient (Wildman–Crippen LogP) is 2.95. The van der Waals surface area contributed by atoms with Gasteiger partial charge in [-0.1, -0.05) is 33.8 Å². The van der Waals surface area contributed by atoms with Crippen LogP contribution in [0.5, 0.6) is 11.5 Å². The van der Waals surface area contributed by atoms with Gasteiger partial charge in [0.2, 0.25) is 0 Å². The van der Waals surface area contributed by atoms with Crippen LogP contribution in [0.15, 0.2) is 18.2 Å². The van der Waals surface area contributed by atoms with E-state index >= 15 is 0 Å². The second-order valence-electron chi connectivity index (χ2n) is 8.10. The van der Waals surface area contributed by atoms with Crippen molar-refractivity contribution >= 4 is 23.9 Å². The Morgan fingerprint density at radius 2 is 1.42 bits per heavy atom. The largest absolute Gasteiger partial charge is 0.462 e. The molecule has 0 amide bonds. The summed E-state index contributed by atoms with van der Waals surface area (Å²) in [6.07, 6.45) is 0.628. The van der Waals surface area contributed by atoms with E-state index in [9.17, 15) is 19.2 Å². The highest BCUT2D eigenvalue weighted by Gasteiger charge is 2.23. The highest BCUT2D eigenvalue weighted by atomic mass is 16.6. The molecule has 0 spiro atoms. The van der Waals surface area contributed by atoms with Gasteiger partial charge in [-0.25, -0.2) is 0 Å². The molecule has 0 radical (unpaired) electrons. The molecular weight excluding hydrogens is 430 g/mol. The van der Waals surface area contributed by atoms with Gasteiger partial charge < -0.3 is 24.7 Å². The van der Waals surface area contributed by atoms with E-state index in [2.05, 4.69) is 0 Å². The molecule has 4 atom stereocenters. The summed E-state index contributed by atoms with van der Waals surface area (Å²) in [4.78, 5) is 47.7. The minimum absolute atomic E-state index is 0.0697. The van der Waals surface area contributed by atoms with Crippen LogP contribution in [0.1, 0.15) is 59.9 Å². The molecule has 0 saturated carbocycles. The van der Waals surface area contributed by atoms with Crippen LogP contribution in [0.4, 0.5) is 0 Å². The molecule has 0 aliphatic carbocycles. The number of rotatable bonds is 12. The van der Waals surface area contributed by atoms with Gasteiger partial charge in [0.1, 0.15) is 18.8 Å². The lowest BCUT2D eigenvalue weighted by Crippen LogP contribution is -2.37. The van der Waals surface area contributed by atoms with Crippen molar-refractivity contribution in [3.8, 4) is 11.5 Å². The third-order valence-electron chi connectivity index (χ3n) is 5.06. The standard InChI is InChI=1S/C24H35NO8/c1-7-14(3)22(27)32-20-10-9-18(12-21(20)33-23(28)15(4)8-2)11-19(25)24(29)31-16(5)13-30-17(6)26/h9-10,12,14-16,19H,7-8,11,13,25H2,1-6H3/t14?,15?,16-,19+/m1/s1. The molecule has 9 nitrogen and oxygen atoms in total. The number of carbonyl (C=O) groups is 4. The maximum absolute atomic E-state index is 12.3. The number of carbonyl (C=O) groups excluding carboxylic acids is 4. The van der Waals surface area contributed by atoms with E-state index < -0.39 is 36.0 Å². The maximum atomic E-state index is 12.3. The van der Waals surface area contributed by atoms with Crippen molar-refractivity contribution < 1.29 is 38.1 Å². The average molecular weight is 466 g/mol. The Labute approximate surface area is 194 Å². The number of hydrogen-bond donors (Lipinski definition) is 1. The fraction of sp³-hybridized carbons (Fsp3) is 0.583. The molecule has 0 saturated heterocycles. The lowest BCUT2D eigenvalue weighted by molar-refractivity contribution is -0.157.